The van der Waals surface area contributed by atoms with Crippen molar-refractivity contribution < 1.29 is 13.2 Å². The Kier molecular flexibility index (Phi) is 7.47. The lowest BCUT2D eigenvalue weighted by molar-refractivity contribution is 0.0753. The molecule has 1 aromatic heterocycles. The summed E-state index contributed by atoms with van der Waals surface area (Å²) in [5.74, 6) is -0.0376. The molecule has 3 rings (SSSR count). The first kappa shape index (κ1) is 23.0. The smallest absolute Gasteiger partial charge is 0.269 e. The van der Waals surface area contributed by atoms with E-state index in [0.29, 0.717) is 16.3 Å². The molecule has 3 N–H and O–H groups in total. The minimum atomic E-state index is -3.36. The minimum absolute atomic E-state index is 0.0229. The number of likely N-dealkylation sites (tertiary alicyclic amines) is 1. The van der Waals surface area contributed by atoms with E-state index >= 15 is 0 Å². The topological polar surface area (TPSA) is 106 Å². The van der Waals surface area contributed by atoms with Gasteiger partial charge >= 0.3 is 0 Å². The van der Waals surface area contributed by atoms with E-state index in [2.05, 4.69) is 22.0 Å². The van der Waals surface area contributed by atoms with Crippen LogP contribution in [-0.4, -0.2) is 62.4 Å². The van der Waals surface area contributed by atoms with Crippen LogP contribution in [-0.2, 0) is 10.0 Å². The first-order valence-corrected chi connectivity index (χ1v) is 12.6. The quantitative estimate of drug-likeness (QED) is 0.434. The fraction of sp³-hybridized carbons (Fsp3) is 0.333. The van der Waals surface area contributed by atoms with Crippen molar-refractivity contribution in [3.05, 3.63) is 58.9 Å². The van der Waals surface area contributed by atoms with Gasteiger partial charge in [-0.3, -0.25) is 19.8 Å². The summed E-state index contributed by atoms with van der Waals surface area (Å²) < 4.78 is 25.2. The zero-order chi connectivity index (χ0) is 22.4. The van der Waals surface area contributed by atoms with Crippen LogP contribution in [0.2, 0.25) is 0 Å². The van der Waals surface area contributed by atoms with E-state index in [4.69, 9.17) is 5.41 Å². The number of piperidine rings is 1. The maximum absolute atomic E-state index is 13.1. The van der Waals surface area contributed by atoms with Crippen molar-refractivity contribution >= 4 is 44.5 Å². The average Bonchev–Trinajstić information content (AvgIpc) is 3.23. The Bertz CT molecular complexity index is 1040. The standard InChI is InChI=1S/C21H27N5O3S2/c1-25-12-9-18(10-13-25)26(21(27)19-7-4-14-30-19)20(22)8-11-23-16-5-3-6-17(15-16)24-31(2,28)29/h3-8,11,14-15,18,22-24H,9-10,12-13H2,1-2H3/b11-8-,22-20?. The van der Waals surface area contributed by atoms with Crippen LogP contribution in [0.4, 0.5) is 11.4 Å². The lowest BCUT2D eigenvalue weighted by atomic mass is 10.0. The van der Waals surface area contributed by atoms with E-state index in [-0.39, 0.29) is 17.8 Å². The van der Waals surface area contributed by atoms with Crippen LogP contribution in [0, 0.1) is 5.41 Å². The van der Waals surface area contributed by atoms with E-state index in [1.165, 1.54) is 11.3 Å². The van der Waals surface area contributed by atoms with Crippen molar-refractivity contribution in [1.82, 2.24) is 9.80 Å². The Labute approximate surface area is 187 Å². The summed E-state index contributed by atoms with van der Waals surface area (Å²) >= 11 is 1.37. The van der Waals surface area contributed by atoms with Gasteiger partial charge in [0.25, 0.3) is 5.91 Å². The first-order chi connectivity index (χ1) is 14.7. The third kappa shape index (κ3) is 6.65. The number of hydrogen-bond donors (Lipinski definition) is 3. The van der Waals surface area contributed by atoms with Crippen LogP contribution in [0.25, 0.3) is 0 Å². The molecule has 1 amide bonds. The van der Waals surface area contributed by atoms with Gasteiger partial charge in [0.05, 0.1) is 16.8 Å². The molecular weight excluding hydrogens is 434 g/mol. The minimum Gasteiger partial charge on any atom is -0.361 e. The molecule has 0 spiro atoms. The number of anilines is 2. The number of thiophene rings is 1. The number of hydrogen-bond acceptors (Lipinski definition) is 7. The summed E-state index contributed by atoms with van der Waals surface area (Å²) in [5.41, 5.74) is 1.10. The van der Waals surface area contributed by atoms with Gasteiger partial charge in [-0.1, -0.05) is 12.1 Å². The molecule has 2 aromatic rings. The van der Waals surface area contributed by atoms with Crippen molar-refractivity contribution in [2.45, 2.75) is 18.9 Å². The summed E-state index contributed by atoms with van der Waals surface area (Å²) in [6.45, 7) is 1.77. The van der Waals surface area contributed by atoms with Gasteiger partial charge in [0.1, 0.15) is 5.84 Å². The van der Waals surface area contributed by atoms with Gasteiger partial charge in [-0.25, -0.2) is 8.42 Å². The lowest BCUT2D eigenvalue weighted by Crippen LogP contribution is -2.48. The highest BCUT2D eigenvalue weighted by Gasteiger charge is 2.30. The zero-order valence-electron chi connectivity index (χ0n) is 17.5. The molecule has 0 aliphatic carbocycles. The number of benzene rings is 1. The predicted molar refractivity (Wildman–Crippen MR) is 126 cm³/mol. The van der Waals surface area contributed by atoms with Crippen molar-refractivity contribution in [3.8, 4) is 0 Å². The maximum atomic E-state index is 13.1. The molecule has 1 saturated heterocycles. The van der Waals surface area contributed by atoms with Gasteiger partial charge in [-0.05, 0) is 68.7 Å². The normalized spacial score (nSPS) is 15.7. The van der Waals surface area contributed by atoms with Gasteiger partial charge < -0.3 is 10.2 Å². The second-order valence-corrected chi connectivity index (χ2v) is 10.2. The Hall–Kier alpha value is -2.69. The molecule has 166 valence electrons. The Morgan fingerprint density at radius 2 is 1.94 bits per heavy atom. The number of carbonyl (C=O) groups excluding carboxylic acids is 1. The maximum Gasteiger partial charge on any atom is 0.269 e. The Morgan fingerprint density at radius 3 is 2.58 bits per heavy atom. The number of nitrogens with one attached hydrogen (secondary N) is 3. The van der Waals surface area contributed by atoms with Crippen LogP contribution in [0.5, 0.6) is 0 Å². The molecule has 0 bridgehead atoms. The number of nitrogens with zero attached hydrogens (tertiary/aromatic N) is 2. The fourth-order valence-electron chi connectivity index (χ4n) is 3.43. The Morgan fingerprint density at radius 1 is 1.23 bits per heavy atom. The van der Waals surface area contributed by atoms with Crippen molar-refractivity contribution in [2.24, 2.45) is 0 Å². The molecular formula is C21H27N5O3S2. The zero-order valence-corrected chi connectivity index (χ0v) is 19.2. The molecule has 0 radical (unpaired) electrons. The molecule has 0 unspecified atom stereocenters. The van der Waals surface area contributed by atoms with E-state index in [1.807, 2.05) is 11.4 Å². The number of rotatable bonds is 7. The summed E-state index contributed by atoms with van der Waals surface area (Å²) in [4.78, 5) is 17.5. The molecule has 31 heavy (non-hydrogen) atoms. The summed E-state index contributed by atoms with van der Waals surface area (Å²) in [7, 11) is -1.30. The molecule has 8 nitrogen and oxygen atoms in total. The van der Waals surface area contributed by atoms with Gasteiger partial charge in [-0.2, -0.15) is 0 Å². The van der Waals surface area contributed by atoms with Gasteiger partial charge in [0.2, 0.25) is 10.0 Å². The predicted octanol–water partition coefficient (Wildman–Crippen LogP) is 3.26. The van der Waals surface area contributed by atoms with Crippen LogP contribution in [0.3, 0.4) is 0 Å². The van der Waals surface area contributed by atoms with Crippen molar-refractivity contribution in [3.63, 3.8) is 0 Å². The van der Waals surface area contributed by atoms with E-state index in [0.717, 1.165) is 32.2 Å². The highest BCUT2D eigenvalue weighted by molar-refractivity contribution is 7.92. The Balaban J connectivity index is 1.72. The van der Waals surface area contributed by atoms with E-state index in [1.54, 1.807) is 47.5 Å². The molecule has 1 aliphatic rings. The van der Waals surface area contributed by atoms with Crippen LogP contribution >= 0.6 is 11.3 Å². The third-order valence-electron chi connectivity index (χ3n) is 4.92. The van der Waals surface area contributed by atoms with Gasteiger partial charge in [-0.15, -0.1) is 11.3 Å². The number of amidine groups is 1. The van der Waals surface area contributed by atoms with Gasteiger partial charge in [0, 0.05) is 17.9 Å². The molecule has 0 atom stereocenters. The van der Waals surface area contributed by atoms with E-state index < -0.39 is 10.0 Å². The lowest BCUT2D eigenvalue weighted by Gasteiger charge is -2.36. The molecule has 1 fully saturated rings. The molecule has 1 aromatic carbocycles. The van der Waals surface area contributed by atoms with Crippen LogP contribution in [0.1, 0.15) is 22.5 Å². The number of amides is 1. The third-order valence-corrected chi connectivity index (χ3v) is 6.38. The SMILES string of the molecule is CN1CCC(N(C(=N)/C=C\Nc2cccc(NS(C)(=O)=O)c2)C(=O)c2cccs2)CC1. The van der Waals surface area contributed by atoms with Crippen LogP contribution in [0.15, 0.2) is 54.1 Å². The molecule has 1 aliphatic heterocycles. The average molecular weight is 462 g/mol. The molecule has 2 heterocycles. The second kappa shape index (κ2) is 10.1. The highest BCUT2D eigenvalue weighted by Crippen LogP contribution is 2.21. The number of sulfonamides is 1. The largest absolute Gasteiger partial charge is 0.361 e. The first-order valence-electron chi connectivity index (χ1n) is 9.88. The van der Waals surface area contributed by atoms with Crippen molar-refractivity contribution in [1.29, 1.82) is 5.41 Å². The highest BCUT2D eigenvalue weighted by atomic mass is 32.2. The fourth-order valence-corrected chi connectivity index (χ4v) is 4.64. The monoisotopic (exact) mass is 461 g/mol. The summed E-state index contributed by atoms with van der Waals surface area (Å²) in [6.07, 6.45) is 5.87. The second-order valence-electron chi connectivity index (χ2n) is 7.50. The molecule has 10 heteroatoms. The number of carbonyl (C=O) groups is 1. The van der Waals surface area contributed by atoms with Crippen molar-refractivity contribution in [2.75, 3.05) is 36.4 Å². The van der Waals surface area contributed by atoms with E-state index in [9.17, 15) is 13.2 Å². The summed E-state index contributed by atoms with van der Waals surface area (Å²) in [6, 6.07) is 10.4. The summed E-state index contributed by atoms with van der Waals surface area (Å²) in [5, 5.41) is 13.5. The molecule has 0 saturated carbocycles. The van der Waals surface area contributed by atoms with Crippen LogP contribution < -0.4 is 10.0 Å². The van der Waals surface area contributed by atoms with Gasteiger partial charge in [0.15, 0.2) is 0 Å².